The van der Waals surface area contributed by atoms with E-state index in [1.807, 2.05) is 44.2 Å². The average Bonchev–Trinajstić information content (AvgIpc) is 2.80. The summed E-state index contributed by atoms with van der Waals surface area (Å²) in [5.74, 6) is -1.60. The van der Waals surface area contributed by atoms with Crippen molar-refractivity contribution in [2.45, 2.75) is 77.8 Å². The molecule has 2 unspecified atom stereocenters. The maximum absolute atomic E-state index is 13.4. The van der Waals surface area contributed by atoms with E-state index >= 15 is 0 Å². The number of hydrogen-bond acceptors (Lipinski definition) is 7. The van der Waals surface area contributed by atoms with Crippen molar-refractivity contribution in [1.29, 1.82) is 0 Å². The van der Waals surface area contributed by atoms with E-state index in [2.05, 4.69) is 10.6 Å². The Morgan fingerprint density at radius 1 is 1.03 bits per heavy atom. The number of benzene rings is 1. The first kappa shape index (κ1) is 29.6. The van der Waals surface area contributed by atoms with Crippen LogP contribution in [0.3, 0.4) is 0 Å². The van der Waals surface area contributed by atoms with Crippen LogP contribution in [0.15, 0.2) is 30.3 Å². The Balaban J connectivity index is 2.99. The molecule has 0 radical (unpaired) electrons. The second-order valence-corrected chi connectivity index (χ2v) is 9.65. The van der Waals surface area contributed by atoms with E-state index in [0.29, 0.717) is 12.8 Å². The minimum absolute atomic E-state index is 0.0776. The zero-order valence-corrected chi connectivity index (χ0v) is 21.8. The standard InChI is InChI=1S/C25H38N2O6S/c1-7-25(8-2,27-22(29)21(17(4)5)34-18(6)28)24(31)26-20(23(30)33-9-3)16-32-15-19-13-11-10-12-14-19/h10-14,17,20-21H,7-9,15-16H2,1-6H3,(H,26,31)(H,27,29). The molecule has 0 saturated heterocycles. The number of hydrogen-bond donors (Lipinski definition) is 2. The highest BCUT2D eigenvalue weighted by Gasteiger charge is 2.40. The normalized spacial score (nSPS) is 13.1. The molecule has 0 heterocycles. The highest BCUT2D eigenvalue weighted by atomic mass is 32.2. The molecule has 0 aliphatic carbocycles. The monoisotopic (exact) mass is 494 g/mol. The zero-order chi connectivity index (χ0) is 25.7. The lowest BCUT2D eigenvalue weighted by molar-refractivity contribution is -0.150. The van der Waals surface area contributed by atoms with Gasteiger partial charge in [0, 0.05) is 6.92 Å². The van der Waals surface area contributed by atoms with Crippen LogP contribution in [0.2, 0.25) is 0 Å². The Morgan fingerprint density at radius 2 is 1.65 bits per heavy atom. The van der Waals surface area contributed by atoms with Crippen LogP contribution in [-0.2, 0) is 35.3 Å². The molecule has 1 aromatic carbocycles. The topological polar surface area (TPSA) is 111 Å². The van der Waals surface area contributed by atoms with E-state index in [9.17, 15) is 19.2 Å². The molecule has 0 fully saturated rings. The summed E-state index contributed by atoms with van der Waals surface area (Å²) in [5.41, 5.74) is -0.311. The summed E-state index contributed by atoms with van der Waals surface area (Å²) in [7, 11) is 0. The molecule has 0 aromatic heterocycles. The lowest BCUT2D eigenvalue weighted by Gasteiger charge is -2.34. The van der Waals surface area contributed by atoms with Gasteiger partial charge in [0.1, 0.15) is 5.54 Å². The van der Waals surface area contributed by atoms with Gasteiger partial charge >= 0.3 is 5.97 Å². The number of esters is 1. The molecule has 2 atom stereocenters. The van der Waals surface area contributed by atoms with Crippen molar-refractivity contribution >= 4 is 34.7 Å². The average molecular weight is 495 g/mol. The smallest absolute Gasteiger partial charge is 0.331 e. The number of nitrogens with one attached hydrogen (secondary N) is 2. The molecule has 34 heavy (non-hydrogen) atoms. The van der Waals surface area contributed by atoms with Gasteiger partial charge in [0.05, 0.1) is 25.1 Å². The van der Waals surface area contributed by atoms with Crippen molar-refractivity contribution in [1.82, 2.24) is 10.6 Å². The SMILES string of the molecule is CCOC(=O)C(COCc1ccccc1)NC(=O)C(CC)(CC)NC(=O)C(SC(C)=O)C(C)C. The zero-order valence-electron chi connectivity index (χ0n) is 21.0. The second kappa shape index (κ2) is 14.8. The molecule has 8 nitrogen and oxygen atoms in total. The van der Waals surface area contributed by atoms with Crippen molar-refractivity contribution in [2.75, 3.05) is 13.2 Å². The van der Waals surface area contributed by atoms with Crippen LogP contribution >= 0.6 is 11.8 Å². The van der Waals surface area contributed by atoms with Gasteiger partial charge in [0.2, 0.25) is 11.8 Å². The number of amides is 2. The minimum Gasteiger partial charge on any atom is -0.464 e. The summed E-state index contributed by atoms with van der Waals surface area (Å²) in [6.07, 6.45) is 0.605. The summed E-state index contributed by atoms with van der Waals surface area (Å²) in [5, 5.41) is 4.78. The quantitative estimate of drug-likeness (QED) is 0.382. The van der Waals surface area contributed by atoms with Crippen molar-refractivity contribution in [3.63, 3.8) is 0 Å². The van der Waals surface area contributed by atoms with Crippen molar-refractivity contribution in [2.24, 2.45) is 5.92 Å². The van der Waals surface area contributed by atoms with Crippen LogP contribution in [-0.4, -0.2) is 52.9 Å². The fourth-order valence-corrected chi connectivity index (χ4v) is 4.16. The first-order valence-electron chi connectivity index (χ1n) is 11.7. The lowest BCUT2D eigenvalue weighted by Crippen LogP contribution is -2.62. The van der Waals surface area contributed by atoms with Crippen LogP contribution in [0, 0.1) is 5.92 Å². The van der Waals surface area contributed by atoms with Crippen molar-refractivity contribution < 1.29 is 28.7 Å². The number of carbonyl (C=O) groups is 4. The molecule has 1 rings (SSSR count). The molecule has 0 spiro atoms. The Bertz CT molecular complexity index is 811. The highest BCUT2D eigenvalue weighted by molar-refractivity contribution is 8.14. The van der Waals surface area contributed by atoms with Gasteiger partial charge in [-0.3, -0.25) is 14.4 Å². The predicted molar refractivity (Wildman–Crippen MR) is 133 cm³/mol. The highest BCUT2D eigenvalue weighted by Crippen LogP contribution is 2.24. The Hall–Kier alpha value is -2.39. The van der Waals surface area contributed by atoms with E-state index in [1.165, 1.54) is 6.92 Å². The fourth-order valence-electron chi connectivity index (χ4n) is 3.36. The van der Waals surface area contributed by atoms with Gasteiger partial charge in [-0.05, 0) is 31.2 Å². The number of thioether (sulfide) groups is 1. The Morgan fingerprint density at radius 3 is 2.15 bits per heavy atom. The van der Waals surface area contributed by atoms with Gasteiger partial charge in [0.25, 0.3) is 0 Å². The Kier molecular flexibility index (Phi) is 12.9. The minimum atomic E-state index is -1.24. The number of rotatable bonds is 14. The summed E-state index contributed by atoms with van der Waals surface area (Å²) < 4.78 is 10.8. The predicted octanol–water partition coefficient (Wildman–Crippen LogP) is 3.23. The molecule has 1 aromatic rings. The molecular weight excluding hydrogens is 456 g/mol. The van der Waals surface area contributed by atoms with Crippen LogP contribution in [0.1, 0.15) is 59.9 Å². The summed E-state index contributed by atoms with van der Waals surface area (Å²) in [6.45, 7) is 10.7. The first-order valence-corrected chi connectivity index (χ1v) is 12.6. The van der Waals surface area contributed by atoms with E-state index in [-0.39, 0.29) is 36.8 Å². The van der Waals surface area contributed by atoms with E-state index < -0.39 is 28.7 Å². The summed E-state index contributed by atoms with van der Waals surface area (Å²) in [6, 6.07) is 8.44. The molecule has 0 bridgehead atoms. The maximum atomic E-state index is 13.4. The van der Waals surface area contributed by atoms with Gasteiger partial charge in [0.15, 0.2) is 11.2 Å². The third kappa shape index (κ3) is 9.10. The lowest BCUT2D eigenvalue weighted by atomic mass is 9.90. The molecule has 0 aliphatic heterocycles. The summed E-state index contributed by atoms with van der Waals surface area (Å²) >= 11 is 0.947. The third-order valence-corrected chi connectivity index (χ3v) is 6.78. The van der Waals surface area contributed by atoms with Crippen LogP contribution in [0.5, 0.6) is 0 Å². The van der Waals surface area contributed by atoms with Crippen molar-refractivity contribution in [3.05, 3.63) is 35.9 Å². The molecule has 0 aliphatic rings. The second-order valence-electron chi connectivity index (χ2n) is 8.33. The summed E-state index contributed by atoms with van der Waals surface area (Å²) in [4.78, 5) is 50.5. The molecule has 9 heteroatoms. The molecule has 0 saturated carbocycles. The van der Waals surface area contributed by atoms with Crippen LogP contribution in [0.25, 0.3) is 0 Å². The van der Waals surface area contributed by atoms with Gasteiger partial charge in [-0.15, -0.1) is 0 Å². The molecule has 190 valence electrons. The first-order chi connectivity index (χ1) is 16.1. The largest absolute Gasteiger partial charge is 0.464 e. The molecule has 2 N–H and O–H groups in total. The fraction of sp³-hybridized carbons (Fsp3) is 0.600. The van der Waals surface area contributed by atoms with E-state index in [0.717, 1.165) is 17.3 Å². The van der Waals surface area contributed by atoms with Crippen molar-refractivity contribution in [3.8, 4) is 0 Å². The van der Waals surface area contributed by atoms with Gasteiger partial charge in [-0.25, -0.2) is 4.79 Å². The van der Waals surface area contributed by atoms with Crippen LogP contribution < -0.4 is 10.6 Å². The third-order valence-electron chi connectivity index (χ3n) is 5.43. The van der Waals surface area contributed by atoms with E-state index in [1.54, 1.807) is 20.8 Å². The van der Waals surface area contributed by atoms with Gasteiger partial charge < -0.3 is 20.1 Å². The number of ether oxygens (including phenoxy) is 2. The Labute approximate surface area is 206 Å². The van der Waals surface area contributed by atoms with E-state index in [4.69, 9.17) is 9.47 Å². The molecule has 2 amide bonds. The van der Waals surface area contributed by atoms with Crippen LogP contribution in [0.4, 0.5) is 0 Å². The van der Waals surface area contributed by atoms with Gasteiger partial charge in [-0.2, -0.15) is 0 Å². The maximum Gasteiger partial charge on any atom is 0.331 e. The molecular formula is C25H38N2O6S. The van der Waals surface area contributed by atoms with Gasteiger partial charge in [-0.1, -0.05) is 69.8 Å². The number of carbonyl (C=O) groups excluding carboxylic acids is 4.